The van der Waals surface area contributed by atoms with Crippen LogP contribution >= 0.6 is 0 Å². The molecule has 1 aliphatic heterocycles. The highest BCUT2D eigenvalue weighted by Crippen LogP contribution is 2.39. The van der Waals surface area contributed by atoms with Gasteiger partial charge in [-0.3, -0.25) is 19.3 Å². The first-order valence-electron chi connectivity index (χ1n) is 11.8. The molecule has 2 heterocycles. The van der Waals surface area contributed by atoms with Crippen molar-refractivity contribution < 1.29 is 28.7 Å². The van der Waals surface area contributed by atoms with E-state index in [1.165, 1.54) is 7.11 Å². The molecule has 0 spiro atoms. The highest BCUT2D eigenvalue weighted by molar-refractivity contribution is 5.99. The number of benzene rings is 1. The van der Waals surface area contributed by atoms with E-state index in [-0.39, 0.29) is 24.7 Å². The Hall–Kier alpha value is -3.89. The standard InChI is InChI=1S/C25H33N5O6/c1-6-9-16-21(23(33)26-14-20(32)35-5)29-22(28-16)18-12-15-10-7-8-11-17(15)30(18)19(31)13-27-24(34)36-25(2,3)4/h7-8,10-11,18H,6,9,12-14H2,1-5H3,(H,26,33)(H,27,34)(H,28,29). The van der Waals surface area contributed by atoms with Crippen LogP contribution < -0.4 is 15.5 Å². The lowest BCUT2D eigenvalue weighted by molar-refractivity contribution is -0.139. The van der Waals surface area contributed by atoms with E-state index >= 15 is 0 Å². The van der Waals surface area contributed by atoms with Crippen molar-refractivity contribution in [3.8, 4) is 0 Å². The molecular formula is C25H33N5O6. The van der Waals surface area contributed by atoms with Gasteiger partial charge in [0, 0.05) is 12.1 Å². The van der Waals surface area contributed by atoms with E-state index in [1.807, 2.05) is 31.2 Å². The van der Waals surface area contributed by atoms with Gasteiger partial charge in [-0.15, -0.1) is 0 Å². The Labute approximate surface area is 209 Å². The fourth-order valence-electron chi connectivity index (χ4n) is 3.97. The van der Waals surface area contributed by atoms with Crippen LogP contribution in [0, 0.1) is 0 Å². The van der Waals surface area contributed by atoms with Crippen molar-refractivity contribution >= 4 is 29.6 Å². The molecule has 2 aromatic rings. The molecule has 0 radical (unpaired) electrons. The van der Waals surface area contributed by atoms with Crippen LogP contribution in [-0.4, -0.2) is 59.6 Å². The number of carbonyl (C=O) groups is 4. The summed E-state index contributed by atoms with van der Waals surface area (Å²) in [5.41, 5.74) is 1.75. The number of aromatic amines is 1. The monoisotopic (exact) mass is 499 g/mol. The number of anilines is 1. The number of aromatic nitrogens is 2. The maximum absolute atomic E-state index is 13.3. The molecule has 0 aliphatic carbocycles. The van der Waals surface area contributed by atoms with Crippen molar-refractivity contribution in [1.82, 2.24) is 20.6 Å². The molecule has 1 aliphatic rings. The number of nitrogens with zero attached hydrogens (tertiary/aromatic N) is 2. The van der Waals surface area contributed by atoms with E-state index < -0.39 is 29.6 Å². The lowest BCUT2D eigenvalue weighted by Gasteiger charge is -2.25. The van der Waals surface area contributed by atoms with E-state index in [1.54, 1.807) is 25.7 Å². The summed E-state index contributed by atoms with van der Waals surface area (Å²) >= 11 is 0. The number of fused-ring (bicyclic) bond motifs is 1. The summed E-state index contributed by atoms with van der Waals surface area (Å²) in [7, 11) is 1.24. The third-order valence-corrected chi connectivity index (χ3v) is 5.48. The molecule has 11 nitrogen and oxygen atoms in total. The van der Waals surface area contributed by atoms with E-state index in [4.69, 9.17) is 4.74 Å². The molecular weight excluding hydrogens is 466 g/mol. The molecule has 194 valence electrons. The smallest absolute Gasteiger partial charge is 0.408 e. The second-order valence-electron chi connectivity index (χ2n) is 9.42. The number of methoxy groups -OCH3 is 1. The Balaban J connectivity index is 1.86. The number of hydrogen-bond donors (Lipinski definition) is 3. The minimum Gasteiger partial charge on any atom is -0.468 e. The van der Waals surface area contributed by atoms with Crippen molar-refractivity contribution in [2.24, 2.45) is 0 Å². The lowest BCUT2D eigenvalue weighted by atomic mass is 10.1. The highest BCUT2D eigenvalue weighted by atomic mass is 16.6. The van der Waals surface area contributed by atoms with Gasteiger partial charge in [-0.2, -0.15) is 0 Å². The van der Waals surface area contributed by atoms with Crippen molar-refractivity contribution in [2.75, 3.05) is 25.1 Å². The fraction of sp³-hybridized carbons (Fsp3) is 0.480. The molecule has 3 rings (SSSR count). The number of hydrogen-bond acceptors (Lipinski definition) is 7. The van der Waals surface area contributed by atoms with Crippen molar-refractivity contribution in [1.29, 1.82) is 0 Å². The second-order valence-corrected chi connectivity index (χ2v) is 9.42. The summed E-state index contributed by atoms with van der Waals surface area (Å²) in [5.74, 6) is -0.951. The van der Waals surface area contributed by atoms with Gasteiger partial charge in [0.1, 0.15) is 30.2 Å². The highest BCUT2D eigenvalue weighted by Gasteiger charge is 2.37. The van der Waals surface area contributed by atoms with E-state index in [0.717, 1.165) is 12.0 Å². The van der Waals surface area contributed by atoms with Gasteiger partial charge in [-0.1, -0.05) is 31.5 Å². The molecule has 11 heteroatoms. The third kappa shape index (κ3) is 6.41. The molecule has 0 saturated heterocycles. The van der Waals surface area contributed by atoms with Crippen LogP contribution in [0.2, 0.25) is 0 Å². The van der Waals surface area contributed by atoms with Crippen LogP contribution in [0.5, 0.6) is 0 Å². The zero-order chi connectivity index (χ0) is 26.5. The molecule has 36 heavy (non-hydrogen) atoms. The average Bonchev–Trinajstić information content (AvgIpc) is 3.41. The van der Waals surface area contributed by atoms with E-state index in [2.05, 4.69) is 25.3 Å². The molecule has 3 amide bonds. The van der Waals surface area contributed by atoms with Crippen LogP contribution in [-0.2, 0) is 31.9 Å². The first kappa shape index (κ1) is 26.7. The predicted molar refractivity (Wildman–Crippen MR) is 132 cm³/mol. The van der Waals surface area contributed by atoms with Crippen LogP contribution in [0.15, 0.2) is 24.3 Å². The van der Waals surface area contributed by atoms with Gasteiger partial charge in [0.15, 0.2) is 0 Å². The molecule has 0 bridgehead atoms. The minimum atomic E-state index is -0.690. The molecule has 0 fully saturated rings. The van der Waals surface area contributed by atoms with Gasteiger partial charge in [-0.05, 0) is 38.8 Å². The second kappa shape index (κ2) is 11.2. The molecule has 1 aromatic heterocycles. The van der Waals surface area contributed by atoms with Crippen molar-refractivity contribution in [2.45, 2.75) is 58.6 Å². The average molecular weight is 500 g/mol. The lowest BCUT2D eigenvalue weighted by Crippen LogP contribution is -2.42. The predicted octanol–water partition coefficient (Wildman–Crippen LogP) is 2.42. The number of rotatable bonds is 8. The molecule has 0 saturated carbocycles. The number of esters is 1. The number of ether oxygens (including phenoxy) is 2. The van der Waals surface area contributed by atoms with Gasteiger partial charge in [0.25, 0.3) is 5.91 Å². The number of aryl methyl sites for hydroxylation is 1. The van der Waals surface area contributed by atoms with E-state index in [0.29, 0.717) is 30.0 Å². The summed E-state index contributed by atoms with van der Waals surface area (Å²) in [6.45, 7) is 6.65. The number of H-pyrrole nitrogens is 1. The Morgan fingerprint density at radius 1 is 1.14 bits per heavy atom. The molecule has 1 unspecified atom stereocenters. The number of alkyl carbamates (subject to hydrolysis) is 1. The minimum absolute atomic E-state index is 0.242. The topological polar surface area (TPSA) is 143 Å². The van der Waals surface area contributed by atoms with Gasteiger partial charge >= 0.3 is 12.1 Å². The number of carbonyl (C=O) groups excluding carboxylic acids is 4. The van der Waals surface area contributed by atoms with Crippen molar-refractivity contribution in [3.05, 3.63) is 47.0 Å². The first-order chi connectivity index (χ1) is 17.0. The van der Waals surface area contributed by atoms with Gasteiger partial charge < -0.3 is 25.1 Å². The largest absolute Gasteiger partial charge is 0.468 e. The number of amides is 3. The quantitative estimate of drug-likeness (QED) is 0.473. The summed E-state index contributed by atoms with van der Waals surface area (Å²) in [5, 5.41) is 5.04. The SMILES string of the molecule is CCCc1nc(C2Cc3ccccc3N2C(=O)CNC(=O)OC(C)(C)C)[nH]c1C(=O)NCC(=O)OC. The molecule has 1 atom stereocenters. The van der Waals surface area contributed by atoms with Crippen LogP contribution in [0.25, 0.3) is 0 Å². The maximum Gasteiger partial charge on any atom is 0.408 e. The zero-order valence-corrected chi connectivity index (χ0v) is 21.3. The normalized spacial score (nSPS) is 14.7. The summed E-state index contributed by atoms with van der Waals surface area (Å²) in [6, 6.07) is 6.98. The fourth-order valence-corrected chi connectivity index (χ4v) is 3.97. The van der Waals surface area contributed by atoms with Crippen molar-refractivity contribution in [3.63, 3.8) is 0 Å². The number of para-hydroxylation sites is 1. The molecule has 1 aromatic carbocycles. The summed E-state index contributed by atoms with van der Waals surface area (Å²) < 4.78 is 9.82. The Bertz CT molecular complexity index is 1140. The van der Waals surface area contributed by atoms with Crippen LogP contribution in [0.4, 0.5) is 10.5 Å². The van der Waals surface area contributed by atoms with Gasteiger partial charge in [-0.25, -0.2) is 9.78 Å². The number of imidazole rings is 1. The van der Waals surface area contributed by atoms with Crippen LogP contribution in [0.1, 0.15) is 67.7 Å². The molecule has 3 N–H and O–H groups in total. The maximum atomic E-state index is 13.3. The summed E-state index contributed by atoms with van der Waals surface area (Å²) in [6.07, 6.45) is 1.07. The van der Waals surface area contributed by atoms with Gasteiger partial charge in [0.05, 0.1) is 18.8 Å². The Morgan fingerprint density at radius 2 is 1.86 bits per heavy atom. The van der Waals surface area contributed by atoms with Crippen LogP contribution in [0.3, 0.4) is 0 Å². The van der Waals surface area contributed by atoms with Gasteiger partial charge in [0.2, 0.25) is 5.91 Å². The zero-order valence-electron chi connectivity index (χ0n) is 21.3. The Morgan fingerprint density at radius 3 is 2.53 bits per heavy atom. The number of nitrogens with one attached hydrogen (secondary N) is 3. The first-order valence-corrected chi connectivity index (χ1v) is 11.8. The third-order valence-electron chi connectivity index (χ3n) is 5.48. The summed E-state index contributed by atoms with van der Waals surface area (Å²) in [4.78, 5) is 59.0. The Kier molecular flexibility index (Phi) is 8.33. The van der Waals surface area contributed by atoms with E-state index in [9.17, 15) is 19.2 Å².